The summed E-state index contributed by atoms with van der Waals surface area (Å²) in [7, 11) is 1.61. The number of benzene rings is 1. The largest absolute Gasteiger partial charge is 0.467 e. The molecule has 1 aliphatic rings. The van der Waals surface area contributed by atoms with Gasteiger partial charge in [0.1, 0.15) is 5.75 Å². The van der Waals surface area contributed by atoms with Crippen LogP contribution >= 0.6 is 0 Å². The second-order valence-corrected chi connectivity index (χ2v) is 5.46. The van der Waals surface area contributed by atoms with Gasteiger partial charge in [0.15, 0.2) is 6.79 Å². The van der Waals surface area contributed by atoms with E-state index in [2.05, 4.69) is 25.6 Å². The minimum absolute atomic E-state index is 0.224. The Morgan fingerprint density at radius 1 is 1.47 bits per heavy atom. The van der Waals surface area contributed by atoms with Crippen molar-refractivity contribution in [3.63, 3.8) is 0 Å². The molecule has 2 atom stereocenters. The molecular weight excluding hydrogens is 240 g/mol. The summed E-state index contributed by atoms with van der Waals surface area (Å²) in [5.41, 5.74) is 2.87. The normalized spacial score (nSPS) is 26.7. The van der Waals surface area contributed by atoms with Gasteiger partial charge in [-0.25, -0.2) is 0 Å². The fraction of sp³-hybridized carbons (Fsp3) is 0.500. The molecule has 0 aliphatic heterocycles. The Morgan fingerprint density at radius 2 is 2.21 bits per heavy atom. The maximum atomic E-state index is 9.95. The van der Waals surface area contributed by atoms with E-state index >= 15 is 0 Å². The lowest BCUT2D eigenvalue weighted by molar-refractivity contribution is 0.0498. The van der Waals surface area contributed by atoms with Gasteiger partial charge in [0.2, 0.25) is 0 Å². The van der Waals surface area contributed by atoms with Crippen LogP contribution in [-0.2, 0) is 10.2 Å². The first kappa shape index (κ1) is 14.1. The zero-order chi connectivity index (χ0) is 14.0. The quantitative estimate of drug-likeness (QED) is 0.670. The fourth-order valence-electron chi connectivity index (χ4n) is 2.76. The van der Waals surface area contributed by atoms with Gasteiger partial charge in [-0.1, -0.05) is 25.6 Å². The minimum atomic E-state index is -0.415. The highest BCUT2D eigenvalue weighted by atomic mass is 16.7. The molecule has 104 valence electrons. The summed E-state index contributed by atoms with van der Waals surface area (Å²) in [5.74, 6) is 0.819. The van der Waals surface area contributed by atoms with E-state index in [0.717, 1.165) is 35.3 Å². The average molecular weight is 262 g/mol. The van der Waals surface area contributed by atoms with E-state index in [1.165, 1.54) is 0 Å². The van der Waals surface area contributed by atoms with Crippen LogP contribution in [0.3, 0.4) is 0 Å². The van der Waals surface area contributed by atoms with E-state index < -0.39 is 6.10 Å². The minimum Gasteiger partial charge on any atom is -0.467 e. The number of ether oxygens (including phenoxy) is 2. The molecule has 0 aromatic heterocycles. The van der Waals surface area contributed by atoms with Gasteiger partial charge in [-0.3, -0.25) is 0 Å². The first-order valence-corrected chi connectivity index (χ1v) is 6.59. The Labute approximate surface area is 114 Å². The Balaban J connectivity index is 2.41. The third kappa shape index (κ3) is 2.53. The lowest BCUT2D eigenvalue weighted by Gasteiger charge is -2.29. The topological polar surface area (TPSA) is 38.7 Å². The van der Waals surface area contributed by atoms with E-state index in [1.807, 2.05) is 13.0 Å². The first-order valence-electron chi connectivity index (χ1n) is 6.59. The second-order valence-electron chi connectivity index (χ2n) is 5.46. The van der Waals surface area contributed by atoms with Gasteiger partial charge in [-0.15, -0.1) is 0 Å². The number of rotatable bonds is 4. The second kappa shape index (κ2) is 5.35. The highest BCUT2D eigenvalue weighted by Gasteiger charge is 2.41. The van der Waals surface area contributed by atoms with Crippen LogP contribution in [0.5, 0.6) is 5.75 Å². The summed E-state index contributed by atoms with van der Waals surface area (Å²) in [6.45, 7) is 8.45. The third-order valence-electron chi connectivity index (χ3n) is 4.09. The predicted molar refractivity (Wildman–Crippen MR) is 75.4 cm³/mol. The van der Waals surface area contributed by atoms with Gasteiger partial charge in [0.05, 0.1) is 6.10 Å². The third-order valence-corrected chi connectivity index (χ3v) is 4.09. The summed E-state index contributed by atoms with van der Waals surface area (Å²) >= 11 is 0. The van der Waals surface area contributed by atoms with Crippen LogP contribution in [0.25, 0.3) is 0 Å². The van der Waals surface area contributed by atoms with Gasteiger partial charge in [0, 0.05) is 18.1 Å². The van der Waals surface area contributed by atoms with Crippen molar-refractivity contribution in [3.05, 3.63) is 41.5 Å². The van der Waals surface area contributed by atoms with Crippen molar-refractivity contribution in [2.75, 3.05) is 13.9 Å². The van der Waals surface area contributed by atoms with Crippen LogP contribution < -0.4 is 4.74 Å². The molecular formula is C16H22O3. The van der Waals surface area contributed by atoms with Gasteiger partial charge < -0.3 is 14.6 Å². The number of hydrogen-bond donors (Lipinski definition) is 1. The first-order chi connectivity index (χ1) is 8.99. The molecule has 0 saturated heterocycles. The van der Waals surface area contributed by atoms with Crippen LogP contribution in [0.15, 0.2) is 30.4 Å². The molecule has 19 heavy (non-hydrogen) atoms. The molecule has 2 rings (SSSR count). The molecule has 1 aliphatic carbocycles. The van der Waals surface area contributed by atoms with Gasteiger partial charge >= 0.3 is 0 Å². The van der Waals surface area contributed by atoms with Gasteiger partial charge in [-0.05, 0) is 37.0 Å². The Kier molecular flexibility index (Phi) is 3.97. The standard InChI is InChI=1S/C16H22O3/c1-11-5-6-13(15(9-11)19-10-18-4)16(3)8-7-14(17)12(16)2/h5-6,9,14,17H,2,7-8,10H2,1,3-4H3. The number of methoxy groups -OCH3 is 1. The summed E-state index contributed by atoms with van der Waals surface area (Å²) in [6.07, 6.45) is 1.23. The molecule has 3 heteroatoms. The van der Waals surface area contributed by atoms with E-state index in [4.69, 9.17) is 9.47 Å². The monoisotopic (exact) mass is 262 g/mol. The molecule has 1 saturated carbocycles. The van der Waals surface area contributed by atoms with Crippen molar-refractivity contribution in [1.29, 1.82) is 0 Å². The lowest BCUT2D eigenvalue weighted by Crippen LogP contribution is -2.23. The molecule has 0 spiro atoms. The molecule has 0 radical (unpaired) electrons. The molecule has 1 fully saturated rings. The smallest absolute Gasteiger partial charge is 0.188 e. The summed E-state index contributed by atoms with van der Waals surface area (Å²) in [4.78, 5) is 0. The molecule has 2 unspecified atom stereocenters. The number of aliphatic hydroxyl groups is 1. The van der Waals surface area contributed by atoms with E-state index in [0.29, 0.717) is 0 Å². The summed E-state index contributed by atoms with van der Waals surface area (Å²) in [6, 6.07) is 6.15. The van der Waals surface area contributed by atoms with Crippen molar-refractivity contribution < 1.29 is 14.6 Å². The number of aliphatic hydroxyl groups excluding tert-OH is 1. The molecule has 0 heterocycles. The van der Waals surface area contributed by atoms with Crippen LogP contribution in [0, 0.1) is 6.92 Å². The van der Waals surface area contributed by atoms with Crippen LogP contribution in [-0.4, -0.2) is 25.1 Å². The van der Waals surface area contributed by atoms with Crippen molar-refractivity contribution in [2.45, 2.75) is 38.2 Å². The van der Waals surface area contributed by atoms with Crippen molar-refractivity contribution in [2.24, 2.45) is 0 Å². The average Bonchev–Trinajstić information content (AvgIpc) is 2.65. The highest BCUT2D eigenvalue weighted by Crippen LogP contribution is 2.47. The number of hydrogen-bond acceptors (Lipinski definition) is 3. The number of aryl methyl sites for hydroxylation is 1. The van der Waals surface area contributed by atoms with Crippen LogP contribution in [0.4, 0.5) is 0 Å². The molecule has 1 aromatic carbocycles. The zero-order valence-corrected chi connectivity index (χ0v) is 11.9. The Hall–Kier alpha value is -1.32. The Morgan fingerprint density at radius 3 is 2.79 bits per heavy atom. The lowest BCUT2D eigenvalue weighted by atomic mass is 9.77. The van der Waals surface area contributed by atoms with Gasteiger partial charge in [-0.2, -0.15) is 0 Å². The Bertz CT molecular complexity index is 481. The molecule has 1 N–H and O–H groups in total. The molecule has 3 nitrogen and oxygen atoms in total. The fourth-order valence-corrected chi connectivity index (χ4v) is 2.76. The van der Waals surface area contributed by atoms with Crippen molar-refractivity contribution >= 4 is 0 Å². The maximum Gasteiger partial charge on any atom is 0.188 e. The zero-order valence-electron chi connectivity index (χ0n) is 11.9. The molecule has 0 bridgehead atoms. The van der Waals surface area contributed by atoms with E-state index in [-0.39, 0.29) is 12.2 Å². The molecule has 0 amide bonds. The van der Waals surface area contributed by atoms with Crippen LogP contribution in [0.1, 0.15) is 30.9 Å². The highest BCUT2D eigenvalue weighted by molar-refractivity contribution is 5.48. The predicted octanol–water partition coefficient (Wildman–Crippen LogP) is 2.95. The maximum absolute atomic E-state index is 9.95. The summed E-state index contributed by atoms with van der Waals surface area (Å²) in [5, 5.41) is 9.95. The van der Waals surface area contributed by atoms with Crippen LogP contribution in [0.2, 0.25) is 0 Å². The summed E-state index contributed by atoms with van der Waals surface area (Å²) < 4.78 is 10.7. The van der Waals surface area contributed by atoms with Crippen molar-refractivity contribution in [1.82, 2.24) is 0 Å². The SMILES string of the molecule is C=C1C(O)CCC1(C)c1ccc(C)cc1OCOC. The van der Waals surface area contributed by atoms with Crippen molar-refractivity contribution in [3.8, 4) is 5.75 Å². The molecule has 1 aromatic rings. The van der Waals surface area contributed by atoms with E-state index in [9.17, 15) is 5.11 Å². The van der Waals surface area contributed by atoms with Gasteiger partial charge in [0.25, 0.3) is 0 Å². The van der Waals surface area contributed by atoms with E-state index in [1.54, 1.807) is 7.11 Å².